The van der Waals surface area contributed by atoms with E-state index in [4.69, 9.17) is 36.5 Å². The first kappa shape index (κ1) is 26.7. The summed E-state index contributed by atoms with van der Waals surface area (Å²) in [7, 11) is -2.85. The number of hydrogen-bond donors (Lipinski definition) is 1. The quantitative estimate of drug-likeness (QED) is 0.358. The summed E-state index contributed by atoms with van der Waals surface area (Å²) in [5.41, 5.74) is 0.154. The monoisotopic (exact) mass is 540 g/mol. The van der Waals surface area contributed by atoms with Crippen LogP contribution in [0.15, 0.2) is 64.1 Å². The summed E-state index contributed by atoms with van der Waals surface area (Å²) in [4.78, 5) is 14.3. The third kappa shape index (κ3) is 7.30. The largest absolute Gasteiger partial charge is 0.493 e. The Morgan fingerprint density at radius 3 is 2.37 bits per heavy atom. The number of ether oxygens (including phenoxy) is 1. The summed E-state index contributed by atoms with van der Waals surface area (Å²) in [5, 5.41) is 3.23. The number of methoxy groups -OCH3 is 1. The van der Waals surface area contributed by atoms with Crippen LogP contribution in [0.5, 0.6) is 11.5 Å². The lowest BCUT2D eigenvalue weighted by Gasteiger charge is -2.28. The highest BCUT2D eigenvalue weighted by Gasteiger charge is 2.24. The molecule has 0 spiro atoms. The van der Waals surface area contributed by atoms with E-state index >= 15 is 0 Å². The minimum atomic E-state index is -4.24. The molecule has 1 heterocycles. The van der Waals surface area contributed by atoms with Crippen LogP contribution in [0, 0.1) is 0 Å². The second-order valence-electron chi connectivity index (χ2n) is 8.71. The summed E-state index contributed by atoms with van der Waals surface area (Å²) in [5.74, 6) is 0.764. The van der Waals surface area contributed by atoms with E-state index in [0.29, 0.717) is 11.3 Å². The van der Waals surface area contributed by atoms with Crippen LogP contribution in [0.25, 0.3) is 0 Å². The Bertz CT molecular complexity index is 1290. The highest BCUT2D eigenvalue weighted by molar-refractivity contribution is 7.87. The van der Waals surface area contributed by atoms with Crippen molar-refractivity contribution in [1.82, 2.24) is 10.2 Å². The highest BCUT2D eigenvalue weighted by atomic mass is 35.5. The van der Waals surface area contributed by atoms with Gasteiger partial charge in [-0.3, -0.25) is 0 Å². The Kier molecular flexibility index (Phi) is 8.25. The Hall–Kier alpha value is -2.88. The number of furan rings is 1. The molecule has 0 atom stereocenters. The van der Waals surface area contributed by atoms with Gasteiger partial charge in [0.15, 0.2) is 11.5 Å². The van der Waals surface area contributed by atoms with Gasteiger partial charge in [-0.15, -0.1) is 0 Å². The lowest BCUT2D eigenvalue weighted by atomic mass is 10.1. The molecule has 188 valence electrons. The zero-order valence-electron chi connectivity index (χ0n) is 19.7. The number of urea groups is 1. The Morgan fingerprint density at radius 2 is 1.77 bits per heavy atom. The number of carbonyl (C=O) groups is 1. The topological polar surface area (TPSA) is 98.1 Å². The average Bonchev–Trinajstić information content (AvgIpc) is 3.27. The van der Waals surface area contributed by atoms with Gasteiger partial charge >= 0.3 is 16.1 Å². The SMILES string of the molecule is COc1ccc(CN(Cc2ccco2)C(=O)NC(C)(C)C)cc1OS(=O)(=O)c1ccc(Cl)c(Cl)c1. The van der Waals surface area contributed by atoms with Crippen molar-refractivity contribution >= 4 is 39.4 Å². The number of benzene rings is 2. The van der Waals surface area contributed by atoms with Crippen LogP contribution in [0.4, 0.5) is 4.79 Å². The van der Waals surface area contributed by atoms with Gasteiger partial charge in [0, 0.05) is 12.1 Å². The van der Waals surface area contributed by atoms with Crippen molar-refractivity contribution in [1.29, 1.82) is 0 Å². The number of hydrogen-bond acceptors (Lipinski definition) is 6. The molecule has 0 bridgehead atoms. The molecule has 8 nitrogen and oxygen atoms in total. The fraction of sp³-hybridized carbons (Fsp3) is 0.292. The number of halogens is 2. The molecule has 2 aromatic carbocycles. The molecule has 0 radical (unpaired) electrons. The molecule has 1 N–H and O–H groups in total. The molecule has 3 rings (SSSR count). The lowest BCUT2D eigenvalue weighted by Crippen LogP contribution is -2.47. The molecule has 0 saturated carbocycles. The Labute approximate surface area is 214 Å². The van der Waals surface area contributed by atoms with Crippen LogP contribution >= 0.6 is 23.2 Å². The molecular formula is C24H26Cl2N2O6S. The zero-order valence-corrected chi connectivity index (χ0v) is 22.0. The van der Waals surface area contributed by atoms with Gasteiger partial charge in [-0.25, -0.2) is 4.79 Å². The normalized spacial score (nSPS) is 11.7. The first-order valence-electron chi connectivity index (χ1n) is 10.5. The average molecular weight is 541 g/mol. The Morgan fingerprint density at radius 1 is 1.03 bits per heavy atom. The van der Waals surface area contributed by atoms with Crippen molar-refractivity contribution in [3.63, 3.8) is 0 Å². The molecule has 3 aromatic rings. The van der Waals surface area contributed by atoms with E-state index < -0.39 is 15.7 Å². The van der Waals surface area contributed by atoms with Gasteiger partial charge < -0.3 is 23.6 Å². The maximum atomic E-state index is 13.0. The van der Waals surface area contributed by atoms with Crippen LogP contribution in [0.1, 0.15) is 32.1 Å². The van der Waals surface area contributed by atoms with E-state index in [-0.39, 0.29) is 45.6 Å². The standard InChI is InChI=1S/C24H26Cl2N2O6S/c1-24(2,3)27-23(29)28(15-17-6-5-11-33-17)14-16-7-10-21(32-4)22(12-16)34-35(30,31)18-8-9-19(25)20(26)13-18/h5-13H,14-15H2,1-4H3,(H,27,29). The number of nitrogens with one attached hydrogen (secondary N) is 1. The molecule has 0 aliphatic rings. The lowest BCUT2D eigenvalue weighted by molar-refractivity contribution is 0.178. The van der Waals surface area contributed by atoms with Gasteiger partial charge in [0.1, 0.15) is 10.7 Å². The second kappa shape index (κ2) is 10.8. The van der Waals surface area contributed by atoms with E-state index in [1.165, 1.54) is 37.6 Å². The van der Waals surface area contributed by atoms with Gasteiger partial charge in [-0.2, -0.15) is 8.42 Å². The predicted molar refractivity (Wildman–Crippen MR) is 134 cm³/mol. The molecule has 0 aliphatic heterocycles. The van der Waals surface area contributed by atoms with Gasteiger partial charge in [0.2, 0.25) is 0 Å². The summed E-state index contributed by atoms with van der Waals surface area (Å²) >= 11 is 11.9. The molecule has 0 aliphatic carbocycles. The van der Waals surface area contributed by atoms with Gasteiger partial charge in [-0.05, 0) is 68.8 Å². The smallest absolute Gasteiger partial charge is 0.339 e. The van der Waals surface area contributed by atoms with E-state index in [9.17, 15) is 13.2 Å². The molecule has 0 fully saturated rings. The van der Waals surface area contributed by atoms with Gasteiger partial charge in [0.25, 0.3) is 0 Å². The van der Waals surface area contributed by atoms with Crippen molar-refractivity contribution in [3.05, 3.63) is 76.2 Å². The molecule has 1 aromatic heterocycles. The molecular weight excluding hydrogens is 515 g/mol. The van der Waals surface area contributed by atoms with Crippen molar-refractivity contribution in [2.24, 2.45) is 0 Å². The maximum Gasteiger partial charge on any atom is 0.339 e. The predicted octanol–water partition coefficient (Wildman–Crippen LogP) is 5.87. The first-order chi connectivity index (χ1) is 16.4. The number of carbonyl (C=O) groups excluding carboxylic acids is 1. The zero-order chi connectivity index (χ0) is 25.8. The van der Waals surface area contributed by atoms with Crippen LogP contribution in [0.3, 0.4) is 0 Å². The molecule has 11 heteroatoms. The van der Waals surface area contributed by atoms with Crippen molar-refractivity contribution in [2.75, 3.05) is 7.11 Å². The van der Waals surface area contributed by atoms with E-state index in [1.54, 1.807) is 29.2 Å². The first-order valence-corrected chi connectivity index (χ1v) is 12.7. The summed E-state index contributed by atoms with van der Waals surface area (Å²) < 4.78 is 41.8. The fourth-order valence-corrected chi connectivity index (χ4v) is 4.42. The van der Waals surface area contributed by atoms with Crippen LogP contribution in [-0.2, 0) is 23.2 Å². The van der Waals surface area contributed by atoms with Crippen LogP contribution < -0.4 is 14.2 Å². The van der Waals surface area contributed by atoms with Crippen LogP contribution in [-0.4, -0.2) is 32.0 Å². The fourth-order valence-electron chi connectivity index (χ4n) is 3.09. The van der Waals surface area contributed by atoms with Crippen molar-refractivity contribution in [2.45, 2.75) is 44.3 Å². The number of nitrogens with zero attached hydrogens (tertiary/aromatic N) is 1. The van der Waals surface area contributed by atoms with Crippen LogP contribution in [0.2, 0.25) is 10.0 Å². The number of rotatable bonds is 8. The summed E-state index contributed by atoms with van der Waals surface area (Å²) in [6.07, 6.45) is 1.53. The van der Waals surface area contributed by atoms with Crippen molar-refractivity contribution in [3.8, 4) is 11.5 Å². The van der Waals surface area contributed by atoms with Crippen molar-refractivity contribution < 1.29 is 26.5 Å². The van der Waals surface area contributed by atoms with Gasteiger partial charge in [0.05, 0.1) is 30.0 Å². The van der Waals surface area contributed by atoms with E-state index in [0.717, 1.165) is 0 Å². The third-order valence-corrected chi connectivity index (χ3v) is 6.65. The minimum Gasteiger partial charge on any atom is -0.493 e. The third-order valence-electron chi connectivity index (χ3n) is 4.68. The second-order valence-corrected chi connectivity index (χ2v) is 11.1. The molecule has 2 amide bonds. The van der Waals surface area contributed by atoms with Gasteiger partial charge in [-0.1, -0.05) is 29.3 Å². The summed E-state index contributed by atoms with van der Waals surface area (Å²) in [6.45, 7) is 5.99. The van der Waals surface area contributed by atoms with E-state index in [2.05, 4.69) is 5.32 Å². The maximum absolute atomic E-state index is 13.0. The molecule has 35 heavy (non-hydrogen) atoms. The minimum absolute atomic E-state index is 0.0368. The Balaban J connectivity index is 1.90. The summed E-state index contributed by atoms with van der Waals surface area (Å²) in [6, 6.07) is 11.9. The number of amides is 2. The molecule has 0 unspecified atom stereocenters. The van der Waals surface area contributed by atoms with E-state index in [1.807, 2.05) is 20.8 Å². The highest BCUT2D eigenvalue weighted by Crippen LogP contribution is 2.33. The molecule has 0 saturated heterocycles.